The van der Waals surface area contributed by atoms with Crippen LogP contribution in [0.4, 0.5) is 0 Å². The van der Waals surface area contributed by atoms with Crippen LogP contribution in [0.15, 0.2) is 0 Å². The molecule has 1 unspecified atom stereocenters. The molecule has 0 aromatic heterocycles. The zero-order valence-electron chi connectivity index (χ0n) is 10.5. The molecule has 1 rings (SSSR count). The van der Waals surface area contributed by atoms with Crippen molar-refractivity contribution in [3.05, 3.63) is 0 Å². The van der Waals surface area contributed by atoms with E-state index in [2.05, 4.69) is 33.9 Å². The standard InChI is InChI=1S/C11H26OSi2/c1-6-11-9-10-13(4,5)14(7-2,8-3)12-11/h11H,6-10H2,1-5H3. The fourth-order valence-electron chi connectivity index (χ4n) is 2.95. The molecule has 14 heavy (non-hydrogen) atoms. The molecular weight excluding hydrogens is 204 g/mol. The Bertz CT molecular complexity index is 188. The van der Waals surface area contributed by atoms with Crippen molar-refractivity contribution in [3.8, 4) is 0 Å². The minimum Gasteiger partial charge on any atom is -0.417 e. The Morgan fingerprint density at radius 2 is 1.71 bits per heavy atom. The van der Waals surface area contributed by atoms with Crippen molar-refractivity contribution < 1.29 is 4.43 Å². The molecule has 0 N–H and O–H groups in total. The van der Waals surface area contributed by atoms with Crippen molar-refractivity contribution in [2.24, 2.45) is 0 Å². The maximum atomic E-state index is 6.54. The third-order valence-corrected chi connectivity index (χ3v) is 22.0. The minimum atomic E-state index is -1.30. The molecule has 0 radical (unpaired) electrons. The Labute approximate surface area is 91.2 Å². The fraction of sp³-hybridized carbons (Fsp3) is 1.00. The predicted molar refractivity (Wildman–Crippen MR) is 68.8 cm³/mol. The van der Waals surface area contributed by atoms with Crippen LogP contribution in [0.25, 0.3) is 0 Å². The van der Waals surface area contributed by atoms with Gasteiger partial charge in [0.05, 0.1) is 7.59 Å². The normalized spacial score (nSPS) is 30.2. The van der Waals surface area contributed by atoms with E-state index in [0.717, 1.165) is 0 Å². The summed E-state index contributed by atoms with van der Waals surface area (Å²) in [6, 6.07) is 4.21. The first kappa shape index (κ1) is 12.5. The number of hydrogen-bond donors (Lipinski definition) is 0. The Morgan fingerprint density at radius 1 is 1.14 bits per heavy atom. The van der Waals surface area contributed by atoms with Crippen molar-refractivity contribution in [1.82, 2.24) is 0 Å². The monoisotopic (exact) mass is 230 g/mol. The topological polar surface area (TPSA) is 9.23 Å². The summed E-state index contributed by atoms with van der Waals surface area (Å²) < 4.78 is 6.54. The second-order valence-corrected chi connectivity index (χ2v) is 20.0. The van der Waals surface area contributed by atoms with E-state index in [1.54, 1.807) is 0 Å². The van der Waals surface area contributed by atoms with Crippen molar-refractivity contribution in [3.63, 3.8) is 0 Å². The first-order valence-corrected chi connectivity index (χ1v) is 12.7. The molecular formula is C11H26OSi2. The van der Waals surface area contributed by atoms with Gasteiger partial charge in [-0.3, -0.25) is 0 Å². The first-order chi connectivity index (χ1) is 6.51. The Kier molecular flexibility index (Phi) is 4.00. The van der Waals surface area contributed by atoms with Gasteiger partial charge in [0.15, 0.2) is 7.83 Å². The SMILES string of the molecule is CCC1CC[Si](C)(C)[Si](CC)(CC)O1. The smallest absolute Gasteiger partial charge is 0.179 e. The third-order valence-electron chi connectivity index (χ3n) is 4.31. The lowest BCUT2D eigenvalue weighted by Crippen LogP contribution is -2.64. The quantitative estimate of drug-likeness (QED) is 0.667. The van der Waals surface area contributed by atoms with Crippen LogP contribution in [-0.4, -0.2) is 21.5 Å². The molecule has 1 atom stereocenters. The molecule has 0 aromatic rings. The predicted octanol–water partition coefficient (Wildman–Crippen LogP) is 3.96. The first-order valence-electron chi connectivity index (χ1n) is 6.19. The molecule has 3 heteroatoms. The van der Waals surface area contributed by atoms with Crippen molar-refractivity contribution >= 4 is 15.4 Å². The van der Waals surface area contributed by atoms with Gasteiger partial charge in [0.25, 0.3) is 0 Å². The van der Waals surface area contributed by atoms with Gasteiger partial charge in [-0.1, -0.05) is 39.9 Å². The lowest BCUT2D eigenvalue weighted by atomic mass is 10.2. The van der Waals surface area contributed by atoms with E-state index in [4.69, 9.17) is 4.43 Å². The van der Waals surface area contributed by atoms with Gasteiger partial charge >= 0.3 is 0 Å². The van der Waals surface area contributed by atoms with E-state index in [1.807, 2.05) is 0 Å². The summed E-state index contributed by atoms with van der Waals surface area (Å²) in [5.41, 5.74) is 0. The molecule has 1 heterocycles. The van der Waals surface area contributed by atoms with Crippen LogP contribution >= 0.6 is 0 Å². The van der Waals surface area contributed by atoms with E-state index >= 15 is 0 Å². The Morgan fingerprint density at radius 3 is 2.14 bits per heavy atom. The van der Waals surface area contributed by atoms with E-state index in [-0.39, 0.29) is 0 Å². The summed E-state index contributed by atoms with van der Waals surface area (Å²) in [5, 5.41) is 0. The average molecular weight is 230 g/mol. The highest BCUT2D eigenvalue weighted by molar-refractivity contribution is 7.39. The van der Waals surface area contributed by atoms with Gasteiger partial charge < -0.3 is 4.43 Å². The second kappa shape index (κ2) is 4.50. The molecule has 1 nitrogen and oxygen atoms in total. The summed E-state index contributed by atoms with van der Waals surface area (Å²) >= 11 is 0. The Hall–Kier alpha value is 0.394. The summed E-state index contributed by atoms with van der Waals surface area (Å²) in [4.78, 5) is 0. The van der Waals surface area contributed by atoms with Crippen LogP contribution in [0.5, 0.6) is 0 Å². The second-order valence-electron chi connectivity index (χ2n) is 5.27. The van der Waals surface area contributed by atoms with Crippen LogP contribution in [0.3, 0.4) is 0 Å². The van der Waals surface area contributed by atoms with E-state index < -0.39 is 15.4 Å². The highest BCUT2D eigenvalue weighted by Gasteiger charge is 2.51. The highest BCUT2D eigenvalue weighted by atomic mass is 29.3. The fourth-order valence-corrected chi connectivity index (χ4v) is 17.4. The molecule has 1 aliphatic rings. The number of hydrogen-bond acceptors (Lipinski definition) is 1. The average Bonchev–Trinajstić information content (AvgIpc) is 2.18. The van der Waals surface area contributed by atoms with E-state index in [9.17, 15) is 0 Å². The molecule has 84 valence electrons. The summed E-state index contributed by atoms with van der Waals surface area (Å²) in [5.74, 6) is 0. The lowest BCUT2D eigenvalue weighted by molar-refractivity contribution is 0.177. The van der Waals surface area contributed by atoms with Crippen LogP contribution < -0.4 is 0 Å². The van der Waals surface area contributed by atoms with Crippen molar-refractivity contribution in [1.29, 1.82) is 0 Å². The third kappa shape index (κ3) is 2.00. The lowest BCUT2D eigenvalue weighted by Gasteiger charge is -2.49. The zero-order valence-corrected chi connectivity index (χ0v) is 12.5. The molecule has 0 amide bonds. The van der Waals surface area contributed by atoms with E-state index in [0.29, 0.717) is 6.10 Å². The molecule has 1 fully saturated rings. The van der Waals surface area contributed by atoms with Crippen LogP contribution in [0.1, 0.15) is 33.6 Å². The van der Waals surface area contributed by atoms with Crippen molar-refractivity contribution in [2.45, 2.75) is 70.9 Å². The molecule has 1 saturated heterocycles. The molecule has 0 saturated carbocycles. The van der Waals surface area contributed by atoms with Gasteiger partial charge in [-0.2, -0.15) is 0 Å². The zero-order chi connectivity index (χ0) is 10.8. The molecule has 0 bridgehead atoms. The van der Waals surface area contributed by atoms with E-state index in [1.165, 1.54) is 31.0 Å². The molecule has 0 spiro atoms. The van der Waals surface area contributed by atoms with Gasteiger partial charge in [-0.25, -0.2) is 0 Å². The summed E-state index contributed by atoms with van der Waals surface area (Å²) in [6.45, 7) is 12.1. The summed E-state index contributed by atoms with van der Waals surface area (Å²) in [6.07, 6.45) is 3.16. The molecule has 0 aliphatic carbocycles. The van der Waals surface area contributed by atoms with Crippen molar-refractivity contribution in [2.75, 3.05) is 0 Å². The van der Waals surface area contributed by atoms with Gasteiger partial charge in [-0.05, 0) is 24.9 Å². The molecule has 0 aromatic carbocycles. The van der Waals surface area contributed by atoms with Gasteiger partial charge in [0.2, 0.25) is 0 Å². The van der Waals surface area contributed by atoms with Gasteiger partial charge in [0, 0.05) is 6.10 Å². The van der Waals surface area contributed by atoms with Gasteiger partial charge in [-0.15, -0.1) is 0 Å². The highest BCUT2D eigenvalue weighted by Crippen LogP contribution is 2.39. The van der Waals surface area contributed by atoms with Gasteiger partial charge in [0.1, 0.15) is 0 Å². The number of rotatable bonds is 3. The van der Waals surface area contributed by atoms with Crippen LogP contribution in [0, 0.1) is 0 Å². The summed E-state index contributed by atoms with van der Waals surface area (Å²) in [7, 11) is -2.31. The minimum absolute atomic E-state index is 0.599. The maximum absolute atomic E-state index is 6.54. The van der Waals surface area contributed by atoms with Crippen LogP contribution in [0.2, 0.25) is 31.2 Å². The maximum Gasteiger partial charge on any atom is 0.179 e. The Balaban J connectivity index is 2.84. The largest absolute Gasteiger partial charge is 0.417 e. The van der Waals surface area contributed by atoms with Crippen LogP contribution in [-0.2, 0) is 4.43 Å². The molecule has 1 aliphatic heterocycles.